The van der Waals surface area contributed by atoms with E-state index in [1.54, 1.807) is 26.8 Å². The zero-order valence-electron chi connectivity index (χ0n) is 10.1. The van der Waals surface area contributed by atoms with Gasteiger partial charge in [-0.2, -0.15) is 0 Å². The van der Waals surface area contributed by atoms with E-state index >= 15 is 0 Å². The summed E-state index contributed by atoms with van der Waals surface area (Å²) in [5, 5.41) is 0. The summed E-state index contributed by atoms with van der Waals surface area (Å²) >= 11 is 0. The molecule has 0 bridgehead atoms. The minimum absolute atomic E-state index is 0.101. The van der Waals surface area contributed by atoms with Crippen LogP contribution < -0.4 is 0 Å². The summed E-state index contributed by atoms with van der Waals surface area (Å²) in [7, 11) is 0. The number of carbonyl (C=O) groups is 2. The second-order valence-corrected chi connectivity index (χ2v) is 3.58. The highest BCUT2D eigenvalue weighted by Crippen LogP contribution is 2.04. The van der Waals surface area contributed by atoms with E-state index in [0.717, 1.165) is 0 Å². The number of ether oxygens (including phenoxy) is 2. The molecular formula is C12H15NO4. The molecule has 0 radical (unpaired) electrons. The van der Waals surface area contributed by atoms with Crippen molar-refractivity contribution in [2.75, 3.05) is 6.61 Å². The molecule has 1 aromatic heterocycles. The molecule has 1 aromatic rings. The molecule has 17 heavy (non-hydrogen) atoms. The van der Waals surface area contributed by atoms with Gasteiger partial charge in [0.15, 0.2) is 0 Å². The highest BCUT2D eigenvalue weighted by molar-refractivity contribution is 5.91. The van der Waals surface area contributed by atoms with Crippen molar-refractivity contribution in [2.24, 2.45) is 0 Å². The third-order valence-corrected chi connectivity index (χ3v) is 1.79. The largest absolute Gasteiger partial charge is 0.461 e. The quantitative estimate of drug-likeness (QED) is 0.747. The first-order valence-corrected chi connectivity index (χ1v) is 5.39. The Hall–Kier alpha value is -1.91. The van der Waals surface area contributed by atoms with E-state index in [-0.39, 0.29) is 24.1 Å². The third-order valence-electron chi connectivity index (χ3n) is 1.79. The number of nitrogens with zero attached hydrogens (tertiary/aromatic N) is 1. The van der Waals surface area contributed by atoms with E-state index in [4.69, 9.17) is 9.47 Å². The van der Waals surface area contributed by atoms with Crippen molar-refractivity contribution < 1.29 is 19.1 Å². The van der Waals surface area contributed by atoms with Crippen molar-refractivity contribution in [1.29, 1.82) is 0 Å². The molecule has 92 valence electrons. The number of pyridine rings is 1. The van der Waals surface area contributed by atoms with E-state index < -0.39 is 11.9 Å². The Bertz CT molecular complexity index is 415. The molecule has 0 atom stereocenters. The average molecular weight is 237 g/mol. The van der Waals surface area contributed by atoms with Crippen LogP contribution in [-0.4, -0.2) is 29.6 Å². The van der Waals surface area contributed by atoms with Gasteiger partial charge in [-0.15, -0.1) is 0 Å². The Morgan fingerprint density at radius 2 is 1.82 bits per heavy atom. The van der Waals surface area contributed by atoms with Gasteiger partial charge in [0.05, 0.1) is 12.7 Å². The van der Waals surface area contributed by atoms with Crippen LogP contribution in [0.1, 0.15) is 41.7 Å². The Morgan fingerprint density at radius 1 is 1.24 bits per heavy atom. The first kappa shape index (κ1) is 13.2. The molecule has 0 unspecified atom stereocenters. The highest BCUT2D eigenvalue weighted by atomic mass is 16.5. The highest BCUT2D eigenvalue weighted by Gasteiger charge is 2.14. The van der Waals surface area contributed by atoms with Gasteiger partial charge < -0.3 is 9.47 Å². The van der Waals surface area contributed by atoms with Crippen molar-refractivity contribution in [1.82, 2.24) is 4.98 Å². The summed E-state index contributed by atoms with van der Waals surface area (Å²) < 4.78 is 9.77. The number of esters is 2. The smallest absolute Gasteiger partial charge is 0.357 e. The van der Waals surface area contributed by atoms with Crippen molar-refractivity contribution in [3.63, 3.8) is 0 Å². The van der Waals surface area contributed by atoms with Gasteiger partial charge in [-0.3, -0.25) is 0 Å². The monoisotopic (exact) mass is 237 g/mol. The second kappa shape index (κ2) is 5.98. The lowest BCUT2D eigenvalue weighted by Crippen LogP contribution is -2.15. The Morgan fingerprint density at radius 3 is 2.35 bits per heavy atom. The fraction of sp³-hybridized carbons (Fsp3) is 0.417. The zero-order chi connectivity index (χ0) is 12.8. The van der Waals surface area contributed by atoms with Crippen LogP contribution in [0.2, 0.25) is 0 Å². The molecule has 0 N–H and O–H groups in total. The third kappa shape index (κ3) is 3.86. The summed E-state index contributed by atoms with van der Waals surface area (Å²) in [6.45, 7) is 5.45. The molecule has 0 amide bonds. The maximum absolute atomic E-state index is 11.6. The maximum Gasteiger partial charge on any atom is 0.357 e. The fourth-order valence-electron chi connectivity index (χ4n) is 1.14. The molecule has 1 rings (SSSR count). The average Bonchev–Trinajstić information content (AvgIpc) is 2.28. The zero-order valence-corrected chi connectivity index (χ0v) is 10.1. The van der Waals surface area contributed by atoms with Crippen LogP contribution in [0.4, 0.5) is 0 Å². The molecule has 0 aromatic carbocycles. The molecule has 0 spiro atoms. The van der Waals surface area contributed by atoms with Gasteiger partial charge in [-0.25, -0.2) is 14.6 Å². The van der Waals surface area contributed by atoms with Crippen LogP contribution in [0.3, 0.4) is 0 Å². The molecule has 0 saturated carbocycles. The van der Waals surface area contributed by atoms with Gasteiger partial charge in [0.1, 0.15) is 11.4 Å². The first-order valence-electron chi connectivity index (χ1n) is 5.39. The van der Waals surface area contributed by atoms with Gasteiger partial charge in [0.2, 0.25) is 0 Å². The van der Waals surface area contributed by atoms with Crippen molar-refractivity contribution in [3.8, 4) is 0 Å². The number of hydrogen-bond acceptors (Lipinski definition) is 5. The predicted molar refractivity (Wildman–Crippen MR) is 60.7 cm³/mol. The normalized spacial score (nSPS) is 10.1. The van der Waals surface area contributed by atoms with Crippen LogP contribution in [0.15, 0.2) is 18.2 Å². The van der Waals surface area contributed by atoms with Gasteiger partial charge in [-0.1, -0.05) is 6.07 Å². The molecule has 0 aliphatic carbocycles. The molecule has 5 heteroatoms. The van der Waals surface area contributed by atoms with E-state index in [0.29, 0.717) is 0 Å². The lowest BCUT2D eigenvalue weighted by molar-refractivity contribution is 0.0370. The summed E-state index contributed by atoms with van der Waals surface area (Å²) in [6.07, 6.45) is -0.226. The SMILES string of the molecule is CCOC(=O)c1cccc(C(=O)OC(C)C)n1. The molecule has 0 aliphatic rings. The summed E-state index contributed by atoms with van der Waals surface area (Å²) in [5.74, 6) is -1.10. The van der Waals surface area contributed by atoms with E-state index in [1.807, 2.05) is 0 Å². The van der Waals surface area contributed by atoms with E-state index in [2.05, 4.69) is 4.98 Å². The molecule has 0 aliphatic heterocycles. The number of aromatic nitrogens is 1. The molecule has 1 heterocycles. The molecular weight excluding hydrogens is 222 g/mol. The number of hydrogen-bond donors (Lipinski definition) is 0. The maximum atomic E-state index is 11.6. The van der Waals surface area contributed by atoms with Gasteiger partial charge >= 0.3 is 11.9 Å². The Balaban J connectivity index is 2.85. The van der Waals surface area contributed by atoms with Gasteiger partial charge in [0.25, 0.3) is 0 Å². The minimum atomic E-state index is -0.550. The van der Waals surface area contributed by atoms with E-state index in [1.165, 1.54) is 12.1 Å². The first-order chi connectivity index (χ1) is 8.04. The standard InChI is InChI=1S/C12H15NO4/c1-4-16-11(14)9-6-5-7-10(13-9)12(15)17-8(2)3/h5-8H,4H2,1-3H3. The van der Waals surface area contributed by atoms with Gasteiger partial charge in [0, 0.05) is 0 Å². The van der Waals surface area contributed by atoms with Crippen LogP contribution in [0.25, 0.3) is 0 Å². The Labute approximate surface area is 99.8 Å². The fourth-order valence-corrected chi connectivity index (χ4v) is 1.14. The summed E-state index contributed by atoms with van der Waals surface area (Å²) in [6, 6.07) is 4.55. The predicted octanol–water partition coefficient (Wildman–Crippen LogP) is 1.82. The summed E-state index contributed by atoms with van der Waals surface area (Å²) in [5.41, 5.74) is 0.203. The van der Waals surface area contributed by atoms with E-state index in [9.17, 15) is 9.59 Å². The lowest BCUT2D eigenvalue weighted by Gasteiger charge is -2.07. The van der Waals surface area contributed by atoms with Crippen LogP contribution in [0, 0.1) is 0 Å². The van der Waals surface area contributed by atoms with Crippen molar-refractivity contribution >= 4 is 11.9 Å². The van der Waals surface area contributed by atoms with Crippen LogP contribution in [0.5, 0.6) is 0 Å². The van der Waals surface area contributed by atoms with Crippen LogP contribution in [-0.2, 0) is 9.47 Å². The number of rotatable bonds is 4. The van der Waals surface area contributed by atoms with Crippen molar-refractivity contribution in [3.05, 3.63) is 29.6 Å². The molecule has 0 saturated heterocycles. The topological polar surface area (TPSA) is 65.5 Å². The Kier molecular flexibility index (Phi) is 4.63. The molecule has 5 nitrogen and oxygen atoms in total. The lowest BCUT2D eigenvalue weighted by atomic mass is 10.3. The molecule has 0 fully saturated rings. The second-order valence-electron chi connectivity index (χ2n) is 3.58. The van der Waals surface area contributed by atoms with Gasteiger partial charge in [-0.05, 0) is 32.9 Å². The summed E-state index contributed by atoms with van der Waals surface area (Å²) in [4.78, 5) is 26.9. The van der Waals surface area contributed by atoms with Crippen molar-refractivity contribution in [2.45, 2.75) is 26.9 Å². The number of carbonyl (C=O) groups excluding carboxylic acids is 2. The minimum Gasteiger partial charge on any atom is -0.461 e. The van der Waals surface area contributed by atoms with Crippen LogP contribution >= 0.6 is 0 Å².